The number of hydrogen-bond donors (Lipinski definition) is 0. The molecule has 16 heavy (non-hydrogen) atoms. The largest absolute Gasteiger partial charge is 0.423 e. The van der Waals surface area contributed by atoms with Gasteiger partial charge in [-0.15, -0.1) is 0 Å². The average molecular weight is 215 g/mol. The van der Waals surface area contributed by atoms with Crippen LogP contribution in [0.15, 0.2) is 28.7 Å². The summed E-state index contributed by atoms with van der Waals surface area (Å²) in [4.78, 5) is 6.20. The maximum atomic E-state index is 8.74. The van der Waals surface area contributed by atoms with Crippen LogP contribution in [0.4, 0.5) is 6.01 Å². The normalized spacial score (nSPS) is 12.3. The molecule has 0 amide bonds. The summed E-state index contributed by atoms with van der Waals surface area (Å²) in [6, 6.07) is 10.4. The van der Waals surface area contributed by atoms with E-state index >= 15 is 0 Å². The van der Waals surface area contributed by atoms with Crippen molar-refractivity contribution in [2.75, 3.05) is 18.5 Å². The third-order valence-corrected chi connectivity index (χ3v) is 2.38. The van der Waals surface area contributed by atoms with Crippen LogP contribution in [-0.2, 0) is 0 Å². The van der Waals surface area contributed by atoms with Crippen LogP contribution in [0.25, 0.3) is 11.1 Å². The molecule has 0 N–H and O–H groups in total. The highest BCUT2D eigenvalue weighted by Crippen LogP contribution is 2.20. The Morgan fingerprint density at radius 3 is 2.94 bits per heavy atom. The number of nitriles is 1. The Morgan fingerprint density at radius 1 is 1.50 bits per heavy atom. The number of fused-ring (bicyclic) bond motifs is 1. The van der Waals surface area contributed by atoms with Crippen molar-refractivity contribution < 1.29 is 4.42 Å². The molecule has 0 aliphatic carbocycles. The maximum absolute atomic E-state index is 8.74. The van der Waals surface area contributed by atoms with Crippen LogP contribution >= 0.6 is 0 Å². The Hall–Kier alpha value is -2.02. The van der Waals surface area contributed by atoms with Gasteiger partial charge in [-0.1, -0.05) is 12.1 Å². The van der Waals surface area contributed by atoms with Gasteiger partial charge in [0.1, 0.15) is 5.52 Å². The fraction of sp³-hybridized carbons (Fsp3) is 0.333. The first kappa shape index (κ1) is 10.5. The van der Waals surface area contributed by atoms with E-state index < -0.39 is 0 Å². The second-order valence-corrected chi connectivity index (χ2v) is 3.87. The maximum Gasteiger partial charge on any atom is 0.298 e. The number of rotatable bonds is 3. The second-order valence-electron chi connectivity index (χ2n) is 3.87. The van der Waals surface area contributed by atoms with Crippen molar-refractivity contribution in [3.8, 4) is 6.07 Å². The molecule has 0 saturated heterocycles. The van der Waals surface area contributed by atoms with Crippen molar-refractivity contribution >= 4 is 17.1 Å². The fourth-order valence-corrected chi connectivity index (χ4v) is 1.55. The summed E-state index contributed by atoms with van der Waals surface area (Å²) in [6.45, 7) is 2.49. The molecule has 0 bridgehead atoms. The quantitative estimate of drug-likeness (QED) is 0.789. The van der Waals surface area contributed by atoms with Crippen LogP contribution < -0.4 is 4.90 Å². The summed E-state index contributed by atoms with van der Waals surface area (Å²) in [5.41, 5.74) is 1.61. The lowest BCUT2D eigenvalue weighted by Gasteiger charge is -2.14. The molecule has 2 rings (SSSR count). The van der Waals surface area contributed by atoms with E-state index in [0.717, 1.165) is 11.1 Å². The standard InChI is InChI=1S/C12H13N3O/c1-9(7-13)8-15(2)12-14-10-5-3-4-6-11(10)16-12/h3-6,9H,8H2,1-2H3. The minimum Gasteiger partial charge on any atom is -0.423 e. The van der Waals surface area contributed by atoms with Gasteiger partial charge in [0.15, 0.2) is 5.58 Å². The smallest absolute Gasteiger partial charge is 0.298 e. The Balaban J connectivity index is 2.23. The van der Waals surface area contributed by atoms with Gasteiger partial charge in [0.25, 0.3) is 6.01 Å². The summed E-state index contributed by atoms with van der Waals surface area (Å²) in [6.07, 6.45) is 0. The number of nitrogens with zero attached hydrogens (tertiary/aromatic N) is 3. The highest BCUT2D eigenvalue weighted by molar-refractivity contribution is 5.74. The molecule has 2 aromatic rings. The Labute approximate surface area is 94.1 Å². The van der Waals surface area contributed by atoms with Crippen LogP contribution in [0.1, 0.15) is 6.92 Å². The number of hydrogen-bond acceptors (Lipinski definition) is 4. The number of oxazole rings is 1. The predicted octanol–water partition coefficient (Wildman–Crippen LogP) is 2.42. The molecule has 0 radical (unpaired) electrons. The van der Waals surface area contributed by atoms with Gasteiger partial charge in [-0.05, 0) is 19.1 Å². The molecular formula is C12H13N3O. The molecule has 1 aromatic carbocycles. The van der Waals surface area contributed by atoms with Gasteiger partial charge in [-0.2, -0.15) is 10.2 Å². The first-order valence-electron chi connectivity index (χ1n) is 5.17. The Bertz CT molecular complexity index is 493. The van der Waals surface area contributed by atoms with Gasteiger partial charge < -0.3 is 9.32 Å². The highest BCUT2D eigenvalue weighted by atomic mass is 16.4. The van der Waals surface area contributed by atoms with E-state index in [4.69, 9.17) is 9.68 Å². The summed E-state index contributed by atoms with van der Waals surface area (Å²) in [7, 11) is 1.87. The molecule has 1 unspecified atom stereocenters. The topological polar surface area (TPSA) is 53.1 Å². The van der Waals surface area contributed by atoms with Crippen LogP contribution in [0.3, 0.4) is 0 Å². The number of para-hydroxylation sites is 2. The van der Waals surface area contributed by atoms with Crippen molar-refractivity contribution in [2.45, 2.75) is 6.92 Å². The zero-order valence-corrected chi connectivity index (χ0v) is 9.34. The first-order chi connectivity index (χ1) is 7.70. The van der Waals surface area contributed by atoms with Crippen molar-refractivity contribution in [1.82, 2.24) is 4.98 Å². The van der Waals surface area contributed by atoms with Crippen molar-refractivity contribution in [1.29, 1.82) is 5.26 Å². The molecule has 4 nitrogen and oxygen atoms in total. The van der Waals surface area contributed by atoms with E-state index in [1.807, 2.05) is 43.1 Å². The predicted molar refractivity (Wildman–Crippen MR) is 62.1 cm³/mol. The molecular weight excluding hydrogens is 202 g/mol. The third-order valence-electron chi connectivity index (χ3n) is 2.38. The van der Waals surface area contributed by atoms with Crippen LogP contribution in [-0.4, -0.2) is 18.6 Å². The van der Waals surface area contributed by atoms with Gasteiger partial charge in [-0.25, -0.2) is 0 Å². The Morgan fingerprint density at radius 2 is 2.25 bits per heavy atom. The van der Waals surface area contributed by atoms with Gasteiger partial charge in [0.05, 0.1) is 12.0 Å². The molecule has 0 fully saturated rings. The SMILES string of the molecule is CC(C#N)CN(C)c1nc2ccccc2o1. The monoisotopic (exact) mass is 215 g/mol. The molecule has 0 aliphatic rings. The van der Waals surface area contributed by atoms with E-state index in [-0.39, 0.29) is 5.92 Å². The molecule has 1 atom stereocenters. The lowest BCUT2D eigenvalue weighted by Crippen LogP contribution is -2.23. The zero-order valence-electron chi connectivity index (χ0n) is 9.34. The number of benzene rings is 1. The van der Waals surface area contributed by atoms with Crippen LogP contribution in [0.2, 0.25) is 0 Å². The minimum atomic E-state index is -0.0417. The number of aromatic nitrogens is 1. The fourth-order valence-electron chi connectivity index (χ4n) is 1.55. The lowest BCUT2D eigenvalue weighted by atomic mass is 10.2. The molecule has 0 spiro atoms. The van der Waals surface area contributed by atoms with E-state index in [0.29, 0.717) is 12.6 Å². The molecule has 1 aromatic heterocycles. The van der Waals surface area contributed by atoms with Gasteiger partial charge >= 0.3 is 0 Å². The first-order valence-corrected chi connectivity index (χ1v) is 5.17. The second kappa shape index (κ2) is 4.23. The van der Waals surface area contributed by atoms with E-state index in [2.05, 4.69) is 11.1 Å². The summed E-state index contributed by atoms with van der Waals surface area (Å²) in [5, 5.41) is 8.74. The van der Waals surface area contributed by atoms with Crippen LogP contribution in [0, 0.1) is 17.2 Å². The minimum absolute atomic E-state index is 0.0417. The average Bonchev–Trinajstić information content (AvgIpc) is 2.72. The van der Waals surface area contributed by atoms with Crippen LogP contribution in [0.5, 0.6) is 0 Å². The summed E-state index contributed by atoms with van der Waals surface area (Å²) >= 11 is 0. The summed E-state index contributed by atoms with van der Waals surface area (Å²) in [5.74, 6) is -0.0417. The van der Waals surface area contributed by atoms with E-state index in [1.54, 1.807) is 0 Å². The van der Waals surface area contributed by atoms with Crippen molar-refractivity contribution in [3.05, 3.63) is 24.3 Å². The Kier molecular flexibility index (Phi) is 2.78. The van der Waals surface area contributed by atoms with E-state index in [9.17, 15) is 0 Å². The highest BCUT2D eigenvalue weighted by Gasteiger charge is 2.12. The zero-order chi connectivity index (χ0) is 11.5. The molecule has 82 valence electrons. The van der Waals surface area contributed by atoms with E-state index in [1.165, 1.54) is 0 Å². The van der Waals surface area contributed by atoms with Gasteiger partial charge in [-0.3, -0.25) is 0 Å². The van der Waals surface area contributed by atoms with Gasteiger partial charge in [0, 0.05) is 13.6 Å². The number of anilines is 1. The van der Waals surface area contributed by atoms with Crippen molar-refractivity contribution in [2.24, 2.45) is 5.92 Å². The molecule has 1 heterocycles. The lowest BCUT2D eigenvalue weighted by molar-refractivity contribution is 0.567. The summed E-state index contributed by atoms with van der Waals surface area (Å²) < 4.78 is 5.58. The third kappa shape index (κ3) is 1.98. The molecule has 0 aliphatic heterocycles. The molecule has 4 heteroatoms. The van der Waals surface area contributed by atoms with Gasteiger partial charge in [0.2, 0.25) is 0 Å². The van der Waals surface area contributed by atoms with Crippen molar-refractivity contribution in [3.63, 3.8) is 0 Å². The molecule has 0 saturated carbocycles.